The summed E-state index contributed by atoms with van der Waals surface area (Å²) in [4.78, 5) is 8.83. The van der Waals surface area contributed by atoms with E-state index < -0.39 is 0 Å². The summed E-state index contributed by atoms with van der Waals surface area (Å²) in [5, 5.41) is 0. The van der Waals surface area contributed by atoms with Crippen molar-refractivity contribution in [2.24, 2.45) is 0 Å². The number of aryl methyl sites for hydroxylation is 2. The van der Waals surface area contributed by atoms with Crippen LogP contribution in [0.1, 0.15) is 47.8 Å². The molecule has 0 amide bonds. The largest absolute Gasteiger partial charge is 0.438 e. The van der Waals surface area contributed by atoms with E-state index in [4.69, 9.17) is 10.5 Å². The van der Waals surface area contributed by atoms with E-state index in [0.717, 1.165) is 22.4 Å². The predicted octanol–water partition coefficient (Wildman–Crippen LogP) is 4.21. The van der Waals surface area contributed by atoms with Crippen molar-refractivity contribution in [2.45, 2.75) is 47.5 Å². The van der Waals surface area contributed by atoms with Crippen molar-refractivity contribution in [1.82, 2.24) is 9.97 Å². The highest BCUT2D eigenvalue weighted by Gasteiger charge is 2.14. The van der Waals surface area contributed by atoms with Gasteiger partial charge >= 0.3 is 0 Å². The zero-order valence-electron chi connectivity index (χ0n) is 13.6. The third kappa shape index (κ3) is 3.15. The van der Waals surface area contributed by atoms with Crippen molar-refractivity contribution < 1.29 is 4.74 Å². The molecule has 4 nitrogen and oxygen atoms in total. The fraction of sp³-hybridized carbons (Fsp3) is 0.412. The fourth-order valence-corrected chi connectivity index (χ4v) is 2.10. The van der Waals surface area contributed by atoms with E-state index in [1.807, 2.05) is 33.8 Å². The summed E-state index contributed by atoms with van der Waals surface area (Å²) < 4.78 is 6.04. The predicted molar refractivity (Wildman–Crippen MR) is 86.0 cm³/mol. The zero-order chi connectivity index (χ0) is 15.7. The lowest BCUT2D eigenvalue weighted by molar-refractivity contribution is 0.449. The summed E-state index contributed by atoms with van der Waals surface area (Å²) >= 11 is 0. The standard InChI is InChI=1S/C17H23N3O/c1-9(2)16-19-15(18)13(6)17(20-16)21-14-8-10(3)7-11(4)12(14)5/h7-9H,1-6H3,(H2,18,19,20). The zero-order valence-corrected chi connectivity index (χ0v) is 13.6. The first kappa shape index (κ1) is 15.3. The van der Waals surface area contributed by atoms with Crippen LogP contribution in [-0.2, 0) is 0 Å². The highest BCUT2D eigenvalue weighted by Crippen LogP contribution is 2.31. The Morgan fingerprint density at radius 3 is 2.29 bits per heavy atom. The fourth-order valence-electron chi connectivity index (χ4n) is 2.10. The van der Waals surface area contributed by atoms with Gasteiger partial charge in [-0.15, -0.1) is 0 Å². The lowest BCUT2D eigenvalue weighted by Crippen LogP contribution is -2.06. The second-order valence-electron chi connectivity index (χ2n) is 5.86. The van der Waals surface area contributed by atoms with Gasteiger partial charge in [-0.25, -0.2) is 4.98 Å². The van der Waals surface area contributed by atoms with Gasteiger partial charge in [0.05, 0.1) is 5.56 Å². The van der Waals surface area contributed by atoms with Crippen LogP contribution in [0.3, 0.4) is 0 Å². The lowest BCUT2D eigenvalue weighted by atomic mass is 10.1. The Hall–Kier alpha value is -2.10. The molecule has 0 aliphatic carbocycles. The molecular formula is C17H23N3O. The van der Waals surface area contributed by atoms with Crippen molar-refractivity contribution >= 4 is 5.82 Å². The van der Waals surface area contributed by atoms with E-state index in [-0.39, 0.29) is 5.92 Å². The number of aromatic nitrogens is 2. The molecule has 2 rings (SSSR count). The molecule has 2 aromatic rings. The maximum atomic E-state index is 6.04. The molecule has 4 heteroatoms. The van der Waals surface area contributed by atoms with Gasteiger partial charge in [0.25, 0.3) is 0 Å². The number of benzene rings is 1. The van der Waals surface area contributed by atoms with Gasteiger partial charge in [-0.1, -0.05) is 19.9 Å². The third-order valence-corrected chi connectivity index (χ3v) is 3.64. The van der Waals surface area contributed by atoms with E-state index in [2.05, 4.69) is 29.9 Å². The highest BCUT2D eigenvalue weighted by molar-refractivity contribution is 5.49. The van der Waals surface area contributed by atoms with Crippen LogP contribution in [0, 0.1) is 27.7 Å². The van der Waals surface area contributed by atoms with Crippen LogP contribution in [0.4, 0.5) is 5.82 Å². The normalized spacial score (nSPS) is 11.0. The van der Waals surface area contributed by atoms with Crippen LogP contribution in [0.2, 0.25) is 0 Å². The molecule has 1 aromatic heterocycles. The molecule has 0 aliphatic rings. The minimum Gasteiger partial charge on any atom is -0.438 e. The Kier molecular flexibility index (Phi) is 4.16. The molecule has 0 bridgehead atoms. The molecule has 0 radical (unpaired) electrons. The number of rotatable bonds is 3. The Morgan fingerprint density at radius 2 is 1.67 bits per heavy atom. The number of hydrogen-bond donors (Lipinski definition) is 1. The minimum atomic E-state index is 0.204. The number of nitrogen functional groups attached to an aromatic ring is 1. The van der Waals surface area contributed by atoms with Gasteiger partial charge in [0.1, 0.15) is 17.4 Å². The molecule has 0 saturated carbocycles. The first-order valence-electron chi connectivity index (χ1n) is 7.19. The van der Waals surface area contributed by atoms with Crippen molar-refractivity contribution in [2.75, 3.05) is 5.73 Å². The molecule has 0 fully saturated rings. The molecule has 2 N–H and O–H groups in total. The molecule has 112 valence electrons. The van der Waals surface area contributed by atoms with Crippen LogP contribution < -0.4 is 10.5 Å². The summed E-state index contributed by atoms with van der Waals surface area (Å²) in [6.07, 6.45) is 0. The number of nitrogens with two attached hydrogens (primary N) is 1. The van der Waals surface area contributed by atoms with Crippen LogP contribution in [-0.4, -0.2) is 9.97 Å². The SMILES string of the molecule is Cc1cc(C)c(C)c(Oc2nc(C(C)C)nc(N)c2C)c1. The van der Waals surface area contributed by atoms with Crippen molar-refractivity contribution in [3.05, 3.63) is 40.2 Å². The first-order valence-corrected chi connectivity index (χ1v) is 7.19. The second kappa shape index (κ2) is 5.72. The van der Waals surface area contributed by atoms with Gasteiger partial charge < -0.3 is 10.5 Å². The highest BCUT2D eigenvalue weighted by atomic mass is 16.5. The topological polar surface area (TPSA) is 61.0 Å². The van der Waals surface area contributed by atoms with Crippen molar-refractivity contribution in [3.63, 3.8) is 0 Å². The van der Waals surface area contributed by atoms with E-state index in [0.29, 0.717) is 17.5 Å². The summed E-state index contributed by atoms with van der Waals surface area (Å²) in [5.74, 6) is 2.75. The molecule has 1 aromatic carbocycles. The molecule has 0 spiro atoms. The van der Waals surface area contributed by atoms with Crippen LogP contribution >= 0.6 is 0 Å². The van der Waals surface area contributed by atoms with Crippen LogP contribution in [0.15, 0.2) is 12.1 Å². The Morgan fingerprint density at radius 1 is 1.00 bits per heavy atom. The number of nitrogens with zero attached hydrogens (tertiary/aromatic N) is 2. The number of anilines is 1. The van der Waals surface area contributed by atoms with Gasteiger partial charge in [-0.3, -0.25) is 0 Å². The van der Waals surface area contributed by atoms with E-state index in [1.54, 1.807) is 0 Å². The molecule has 0 unspecified atom stereocenters. The maximum absolute atomic E-state index is 6.04. The quantitative estimate of drug-likeness (QED) is 0.917. The second-order valence-corrected chi connectivity index (χ2v) is 5.86. The molecular weight excluding hydrogens is 262 g/mol. The summed E-state index contributed by atoms with van der Waals surface area (Å²) in [5.41, 5.74) is 10.2. The van der Waals surface area contributed by atoms with E-state index in [9.17, 15) is 0 Å². The van der Waals surface area contributed by atoms with E-state index >= 15 is 0 Å². The summed E-state index contributed by atoms with van der Waals surface area (Å²) in [7, 11) is 0. The number of hydrogen-bond acceptors (Lipinski definition) is 4. The smallest absolute Gasteiger partial charge is 0.227 e. The molecule has 0 aliphatic heterocycles. The van der Waals surface area contributed by atoms with Crippen molar-refractivity contribution in [3.8, 4) is 11.6 Å². The average molecular weight is 285 g/mol. The van der Waals surface area contributed by atoms with Gasteiger partial charge in [0.15, 0.2) is 0 Å². The summed E-state index contributed by atoms with van der Waals surface area (Å²) in [6.45, 7) is 12.1. The van der Waals surface area contributed by atoms with Gasteiger partial charge in [-0.2, -0.15) is 4.98 Å². The average Bonchev–Trinajstić information content (AvgIpc) is 2.40. The van der Waals surface area contributed by atoms with Gasteiger partial charge in [0, 0.05) is 5.92 Å². The third-order valence-electron chi connectivity index (χ3n) is 3.64. The molecule has 0 saturated heterocycles. The lowest BCUT2D eigenvalue weighted by Gasteiger charge is -2.15. The van der Waals surface area contributed by atoms with Gasteiger partial charge in [0.2, 0.25) is 5.88 Å². The molecule has 0 atom stereocenters. The Bertz CT molecular complexity index is 678. The van der Waals surface area contributed by atoms with Crippen molar-refractivity contribution in [1.29, 1.82) is 0 Å². The maximum Gasteiger partial charge on any atom is 0.227 e. The monoisotopic (exact) mass is 285 g/mol. The number of ether oxygens (including phenoxy) is 1. The molecule has 1 heterocycles. The van der Waals surface area contributed by atoms with Crippen LogP contribution in [0.25, 0.3) is 0 Å². The molecule has 21 heavy (non-hydrogen) atoms. The Balaban J connectivity index is 2.49. The first-order chi connectivity index (χ1) is 9.79. The van der Waals surface area contributed by atoms with E-state index in [1.165, 1.54) is 5.56 Å². The summed E-state index contributed by atoms with van der Waals surface area (Å²) in [6, 6.07) is 4.16. The Labute approximate surface area is 126 Å². The van der Waals surface area contributed by atoms with Crippen LogP contribution in [0.5, 0.6) is 11.6 Å². The van der Waals surface area contributed by atoms with Gasteiger partial charge in [-0.05, 0) is 50.5 Å². The minimum absolute atomic E-state index is 0.204.